The molecular weight excluding hydrogens is 240 g/mol. The molecular formula is C16H24O3. The number of ether oxygens (including phenoxy) is 2. The SMILES string of the molecule is CC(C)OC1C=C[C@@]2(CC[C@@]3(C)CCCC(=O)[C@H]32)O1. The molecule has 106 valence electrons. The summed E-state index contributed by atoms with van der Waals surface area (Å²) in [6, 6.07) is 0. The molecule has 0 amide bonds. The molecule has 3 nitrogen and oxygen atoms in total. The molecule has 1 spiro atoms. The van der Waals surface area contributed by atoms with E-state index in [4.69, 9.17) is 9.47 Å². The molecule has 0 bridgehead atoms. The summed E-state index contributed by atoms with van der Waals surface area (Å²) in [6.45, 7) is 6.27. The minimum absolute atomic E-state index is 0.0331. The van der Waals surface area contributed by atoms with Gasteiger partial charge in [-0.1, -0.05) is 13.0 Å². The van der Waals surface area contributed by atoms with Gasteiger partial charge >= 0.3 is 0 Å². The first kappa shape index (κ1) is 13.3. The minimum Gasteiger partial charge on any atom is -0.346 e. The Hall–Kier alpha value is -0.670. The first-order valence-electron chi connectivity index (χ1n) is 7.51. The zero-order valence-corrected chi connectivity index (χ0v) is 12.1. The lowest BCUT2D eigenvalue weighted by Crippen LogP contribution is -2.46. The van der Waals surface area contributed by atoms with Crippen LogP contribution in [-0.4, -0.2) is 23.8 Å². The highest BCUT2D eigenvalue weighted by molar-refractivity contribution is 5.85. The lowest BCUT2D eigenvalue weighted by Gasteiger charge is -2.40. The lowest BCUT2D eigenvalue weighted by molar-refractivity contribution is -0.188. The molecule has 3 heteroatoms. The Balaban J connectivity index is 1.83. The Labute approximate surface area is 115 Å². The molecule has 3 aliphatic rings. The van der Waals surface area contributed by atoms with Crippen molar-refractivity contribution in [2.45, 2.75) is 70.9 Å². The molecule has 2 saturated carbocycles. The van der Waals surface area contributed by atoms with Crippen LogP contribution in [0.1, 0.15) is 52.9 Å². The highest BCUT2D eigenvalue weighted by Gasteiger charge is 2.60. The number of hydrogen-bond acceptors (Lipinski definition) is 3. The molecule has 0 aromatic carbocycles. The second-order valence-electron chi connectivity index (χ2n) is 6.89. The molecule has 2 fully saturated rings. The van der Waals surface area contributed by atoms with Gasteiger partial charge in [0.15, 0.2) is 6.29 Å². The third-order valence-electron chi connectivity index (χ3n) is 5.04. The fourth-order valence-electron chi connectivity index (χ4n) is 4.28. The summed E-state index contributed by atoms with van der Waals surface area (Å²) in [7, 11) is 0. The van der Waals surface area contributed by atoms with E-state index in [1.165, 1.54) is 0 Å². The lowest BCUT2D eigenvalue weighted by atomic mass is 9.66. The summed E-state index contributed by atoms with van der Waals surface area (Å²) in [5, 5.41) is 0. The third-order valence-corrected chi connectivity index (χ3v) is 5.04. The Bertz CT molecular complexity index is 414. The van der Waals surface area contributed by atoms with E-state index in [0.717, 1.165) is 32.1 Å². The van der Waals surface area contributed by atoms with E-state index >= 15 is 0 Å². The maximum absolute atomic E-state index is 12.4. The summed E-state index contributed by atoms with van der Waals surface area (Å²) in [5.74, 6) is 0.423. The van der Waals surface area contributed by atoms with Crippen LogP contribution >= 0.6 is 0 Å². The number of hydrogen-bond donors (Lipinski definition) is 0. The highest BCUT2D eigenvalue weighted by atomic mass is 16.7. The van der Waals surface area contributed by atoms with Crippen molar-refractivity contribution in [1.82, 2.24) is 0 Å². The van der Waals surface area contributed by atoms with Gasteiger partial charge in [-0.15, -0.1) is 0 Å². The molecule has 0 N–H and O–H groups in total. The van der Waals surface area contributed by atoms with E-state index in [-0.39, 0.29) is 29.3 Å². The first-order chi connectivity index (χ1) is 8.95. The van der Waals surface area contributed by atoms with Crippen LogP contribution in [0, 0.1) is 11.3 Å². The number of carbonyl (C=O) groups excluding carboxylic acids is 1. The zero-order chi connectivity index (χ0) is 13.7. The van der Waals surface area contributed by atoms with Crippen molar-refractivity contribution in [2.24, 2.45) is 11.3 Å². The molecule has 0 radical (unpaired) electrons. The summed E-state index contributed by atoms with van der Waals surface area (Å²) >= 11 is 0. The van der Waals surface area contributed by atoms with E-state index in [1.54, 1.807) is 0 Å². The zero-order valence-electron chi connectivity index (χ0n) is 12.1. The van der Waals surface area contributed by atoms with Crippen molar-refractivity contribution in [1.29, 1.82) is 0 Å². The van der Waals surface area contributed by atoms with Gasteiger partial charge in [-0.2, -0.15) is 0 Å². The van der Waals surface area contributed by atoms with Gasteiger partial charge in [-0.25, -0.2) is 0 Å². The maximum atomic E-state index is 12.4. The number of ketones is 1. The van der Waals surface area contributed by atoms with Gasteiger partial charge in [0.05, 0.1) is 12.0 Å². The fraction of sp³-hybridized carbons (Fsp3) is 0.812. The maximum Gasteiger partial charge on any atom is 0.178 e. The van der Waals surface area contributed by atoms with E-state index < -0.39 is 0 Å². The van der Waals surface area contributed by atoms with Gasteiger partial charge in [0.25, 0.3) is 0 Å². The van der Waals surface area contributed by atoms with Crippen molar-refractivity contribution >= 4 is 5.78 Å². The Kier molecular flexibility index (Phi) is 3.10. The predicted octanol–water partition coefficient (Wildman–Crippen LogP) is 3.23. The molecule has 1 aliphatic heterocycles. The molecule has 0 aromatic rings. The van der Waals surface area contributed by atoms with Crippen LogP contribution in [-0.2, 0) is 14.3 Å². The van der Waals surface area contributed by atoms with Gasteiger partial charge in [0.2, 0.25) is 0 Å². The minimum atomic E-state index is -0.383. The van der Waals surface area contributed by atoms with Gasteiger partial charge in [0.1, 0.15) is 11.4 Å². The predicted molar refractivity (Wildman–Crippen MR) is 72.7 cm³/mol. The molecule has 2 aliphatic carbocycles. The second kappa shape index (κ2) is 4.42. The van der Waals surface area contributed by atoms with Gasteiger partial charge < -0.3 is 9.47 Å². The van der Waals surface area contributed by atoms with Crippen LogP contribution in [0.15, 0.2) is 12.2 Å². The molecule has 1 unspecified atom stereocenters. The number of fused-ring (bicyclic) bond motifs is 2. The second-order valence-corrected chi connectivity index (χ2v) is 6.89. The summed E-state index contributed by atoms with van der Waals surface area (Å²) in [6.07, 6.45) is 8.91. The van der Waals surface area contributed by atoms with Crippen LogP contribution in [0.3, 0.4) is 0 Å². The number of rotatable bonds is 2. The van der Waals surface area contributed by atoms with Crippen molar-refractivity contribution in [3.05, 3.63) is 12.2 Å². The average molecular weight is 264 g/mol. The van der Waals surface area contributed by atoms with Gasteiger partial charge in [-0.3, -0.25) is 4.79 Å². The van der Waals surface area contributed by atoms with Crippen molar-refractivity contribution in [2.75, 3.05) is 0 Å². The highest BCUT2D eigenvalue weighted by Crippen LogP contribution is 2.58. The Morgan fingerprint density at radius 1 is 1.37 bits per heavy atom. The normalized spacial score (nSPS) is 45.4. The molecule has 4 atom stereocenters. The van der Waals surface area contributed by atoms with E-state index in [9.17, 15) is 4.79 Å². The summed E-state index contributed by atoms with van der Waals surface area (Å²) in [5.41, 5.74) is -0.252. The van der Waals surface area contributed by atoms with E-state index in [2.05, 4.69) is 13.0 Å². The first-order valence-corrected chi connectivity index (χ1v) is 7.51. The molecule has 0 aromatic heterocycles. The smallest absolute Gasteiger partial charge is 0.178 e. The van der Waals surface area contributed by atoms with Crippen molar-refractivity contribution in [3.63, 3.8) is 0 Å². The topological polar surface area (TPSA) is 35.5 Å². The van der Waals surface area contributed by atoms with Gasteiger partial charge in [-0.05, 0) is 51.0 Å². The Morgan fingerprint density at radius 2 is 2.16 bits per heavy atom. The van der Waals surface area contributed by atoms with Crippen LogP contribution in [0.4, 0.5) is 0 Å². The number of Topliss-reactive ketones (excluding diaryl/α,β-unsaturated/α-hetero) is 1. The summed E-state index contributed by atoms with van der Waals surface area (Å²) < 4.78 is 11.9. The van der Waals surface area contributed by atoms with Crippen LogP contribution < -0.4 is 0 Å². The monoisotopic (exact) mass is 264 g/mol. The van der Waals surface area contributed by atoms with Crippen LogP contribution in [0.5, 0.6) is 0 Å². The van der Waals surface area contributed by atoms with Crippen molar-refractivity contribution in [3.8, 4) is 0 Å². The van der Waals surface area contributed by atoms with Crippen molar-refractivity contribution < 1.29 is 14.3 Å². The molecule has 3 rings (SSSR count). The van der Waals surface area contributed by atoms with E-state index in [1.807, 2.05) is 19.9 Å². The quantitative estimate of drug-likeness (QED) is 0.718. The van der Waals surface area contributed by atoms with Crippen LogP contribution in [0.25, 0.3) is 0 Å². The molecule has 0 saturated heterocycles. The summed E-state index contributed by atoms with van der Waals surface area (Å²) in [4.78, 5) is 12.4. The number of carbonyl (C=O) groups is 1. The fourth-order valence-corrected chi connectivity index (χ4v) is 4.28. The Morgan fingerprint density at radius 3 is 2.89 bits per heavy atom. The standard InChI is InChI=1S/C16H24O3/c1-11(2)18-13-6-8-16(19-13)10-9-15(3)7-4-5-12(17)14(15)16/h6,8,11,13-14H,4-5,7,9-10H2,1-3H3/t13?,14-,15-,16+/m1/s1. The largest absolute Gasteiger partial charge is 0.346 e. The van der Waals surface area contributed by atoms with Crippen LogP contribution in [0.2, 0.25) is 0 Å². The third kappa shape index (κ3) is 2.07. The molecule has 1 heterocycles. The molecule has 19 heavy (non-hydrogen) atoms. The van der Waals surface area contributed by atoms with E-state index in [0.29, 0.717) is 5.78 Å². The van der Waals surface area contributed by atoms with Gasteiger partial charge in [0, 0.05) is 6.42 Å². The average Bonchev–Trinajstić information content (AvgIpc) is 2.83.